The molecule has 0 saturated heterocycles. The van der Waals surface area contributed by atoms with Gasteiger partial charge in [-0.3, -0.25) is 4.79 Å². The molecule has 2 unspecified atom stereocenters. The number of hydrogen-bond acceptors (Lipinski definition) is 4. The van der Waals surface area contributed by atoms with Gasteiger partial charge in [0, 0.05) is 11.6 Å². The maximum atomic E-state index is 12.2. The number of methoxy groups -OCH3 is 1. The molecular formula is C14H20N2O4S. The van der Waals surface area contributed by atoms with Crippen molar-refractivity contribution in [1.82, 2.24) is 0 Å². The first-order valence-electron chi connectivity index (χ1n) is 6.84. The van der Waals surface area contributed by atoms with Gasteiger partial charge < -0.3 is 10.1 Å². The minimum Gasteiger partial charge on any atom is -0.495 e. The zero-order valence-corrected chi connectivity index (χ0v) is 12.9. The van der Waals surface area contributed by atoms with Crippen molar-refractivity contribution in [2.24, 2.45) is 17.0 Å². The van der Waals surface area contributed by atoms with Gasteiger partial charge in [-0.1, -0.05) is 13.3 Å². The van der Waals surface area contributed by atoms with Gasteiger partial charge in [0.05, 0.1) is 7.11 Å². The molecule has 1 aliphatic carbocycles. The van der Waals surface area contributed by atoms with Gasteiger partial charge in [0.25, 0.3) is 0 Å². The Morgan fingerprint density at radius 2 is 2.10 bits per heavy atom. The molecule has 2 rings (SSSR count). The maximum Gasteiger partial charge on any atom is 0.241 e. The quantitative estimate of drug-likeness (QED) is 0.884. The first-order chi connectivity index (χ1) is 9.82. The standard InChI is InChI=1S/C14H20N2O4S/c1-9-4-3-5-11(9)14(17)16-10-6-7-12(20-2)13(8-10)21(15,18)19/h6-9,11H,3-5H2,1-2H3,(H,16,17)(H2,15,18,19). The number of ether oxygens (including phenoxy) is 1. The van der Waals surface area contributed by atoms with Crippen LogP contribution in [-0.4, -0.2) is 21.4 Å². The van der Waals surface area contributed by atoms with Gasteiger partial charge >= 0.3 is 0 Å². The number of amides is 1. The average Bonchev–Trinajstić information content (AvgIpc) is 2.84. The smallest absolute Gasteiger partial charge is 0.241 e. The van der Waals surface area contributed by atoms with E-state index in [9.17, 15) is 13.2 Å². The van der Waals surface area contributed by atoms with E-state index >= 15 is 0 Å². The normalized spacial score (nSPS) is 22.0. The molecule has 0 spiro atoms. The summed E-state index contributed by atoms with van der Waals surface area (Å²) in [5.74, 6) is 0.404. The summed E-state index contributed by atoms with van der Waals surface area (Å²) in [5.41, 5.74) is 0.406. The number of nitrogens with two attached hydrogens (primary N) is 1. The van der Waals surface area contributed by atoms with Crippen molar-refractivity contribution in [2.75, 3.05) is 12.4 Å². The second kappa shape index (κ2) is 6.03. The number of nitrogens with one attached hydrogen (secondary N) is 1. The maximum absolute atomic E-state index is 12.2. The van der Waals surface area contributed by atoms with Gasteiger partial charge in [0.1, 0.15) is 10.6 Å². The highest BCUT2D eigenvalue weighted by Crippen LogP contribution is 2.33. The summed E-state index contributed by atoms with van der Waals surface area (Å²) in [6.07, 6.45) is 2.96. The van der Waals surface area contributed by atoms with E-state index in [0.29, 0.717) is 11.6 Å². The van der Waals surface area contributed by atoms with Crippen LogP contribution < -0.4 is 15.2 Å². The third kappa shape index (κ3) is 3.54. The predicted octanol–water partition coefficient (Wildman–Crippen LogP) is 1.72. The summed E-state index contributed by atoms with van der Waals surface area (Å²) < 4.78 is 28.1. The highest BCUT2D eigenvalue weighted by molar-refractivity contribution is 7.89. The van der Waals surface area contributed by atoms with E-state index in [1.165, 1.54) is 19.2 Å². The molecule has 1 aromatic rings. The Morgan fingerprint density at radius 1 is 1.38 bits per heavy atom. The molecule has 0 aromatic heterocycles. The molecule has 3 N–H and O–H groups in total. The van der Waals surface area contributed by atoms with Crippen LogP contribution in [0.3, 0.4) is 0 Å². The van der Waals surface area contributed by atoms with Crippen molar-refractivity contribution in [3.63, 3.8) is 0 Å². The van der Waals surface area contributed by atoms with Crippen LogP contribution in [0.15, 0.2) is 23.1 Å². The third-order valence-corrected chi connectivity index (χ3v) is 4.87. The fourth-order valence-electron chi connectivity index (χ4n) is 2.75. The average molecular weight is 312 g/mol. The molecule has 0 radical (unpaired) electrons. The molecule has 1 saturated carbocycles. The van der Waals surface area contributed by atoms with Crippen LogP contribution in [0.25, 0.3) is 0 Å². The zero-order valence-electron chi connectivity index (χ0n) is 12.1. The lowest BCUT2D eigenvalue weighted by molar-refractivity contribution is -0.120. The Bertz CT molecular complexity index is 642. The number of carbonyl (C=O) groups excluding carboxylic acids is 1. The van der Waals surface area contributed by atoms with E-state index < -0.39 is 10.0 Å². The van der Waals surface area contributed by atoms with Crippen LogP contribution in [0, 0.1) is 11.8 Å². The van der Waals surface area contributed by atoms with Gasteiger partial charge in [0.2, 0.25) is 15.9 Å². The van der Waals surface area contributed by atoms with Gasteiger partial charge in [-0.15, -0.1) is 0 Å². The summed E-state index contributed by atoms with van der Waals surface area (Å²) >= 11 is 0. The van der Waals surface area contributed by atoms with Crippen molar-refractivity contribution in [3.05, 3.63) is 18.2 Å². The van der Waals surface area contributed by atoms with Crippen molar-refractivity contribution < 1.29 is 17.9 Å². The topological polar surface area (TPSA) is 98.5 Å². The molecular weight excluding hydrogens is 292 g/mol. The second-order valence-electron chi connectivity index (χ2n) is 5.41. The second-order valence-corrected chi connectivity index (χ2v) is 6.94. The Kier molecular flexibility index (Phi) is 4.53. The van der Waals surface area contributed by atoms with Crippen molar-refractivity contribution in [2.45, 2.75) is 31.1 Å². The monoisotopic (exact) mass is 312 g/mol. The number of rotatable bonds is 4. The number of carbonyl (C=O) groups is 1. The fourth-order valence-corrected chi connectivity index (χ4v) is 3.47. The first kappa shape index (κ1) is 15.8. The van der Waals surface area contributed by atoms with Crippen molar-refractivity contribution >= 4 is 21.6 Å². The van der Waals surface area contributed by atoms with E-state index in [2.05, 4.69) is 12.2 Å². The predicted molar refractivity (Wildman–Crippen MR) is 79.5 cm³/mol. The van der Waals surface area contributed by atoms with E-state index in [1.54, 1.807) is 6.07 Å². The fraction of sp³-hybridized carbons (Fsp3) is 0.500. The molecule has 1 aromatic carbocycles. The van der Waals surface area contributed by atoms with Crippen LogP contribution in [0.1, 0.15) is 26.2 Å². The SMILES string of the molecule is COc1ccc(NC(=O)C2CCCC2C)cc1S(N)(=O)=O. The van der Waals surface area contributed by atoms with Crippen molar-refractivity contribution in [3.8, 4) is 5.75 Å². The summed E-state index contributed by atoms with van der Waals surface area (Å²) in [6.45, 7) is 2.06. The summed E-state index contributed by atoms with van der Waals surface area (Å²) in [6, 6.07) is 4.41. The summed E-state index contributed by atoms with van der Waals surface area (Å²) in [7, 11) is -2.55. The number of sulfonamides is 1. The van der Waals surface area contributed by atoms with Gasteiger partial charge in [-0.05, 0) is 37.0 Å². The Morgan fingerprint density at radius 3 is 2.62 bits per heavy atom. The van der Waals surface area contributed by atoms with E-state index in [0.717, 1.165) is 19.3 Å². The summed E-state index contributed by atoms with van der Waals surface area (Å²) in [4.78, 5) is 12.1. The van der Waals surface area contributed by atoms with Crippen LogP contribution in [-0.2, 0) is 14.8 Å². The zero-order chi connectivity index (χ0) is 15.6. The molecule has 0 heterocycles. The minimum absolute atomic E-state index is 0.0231. The highest BCUT2D eigenvalue weighted by atomic mass is 32.2. The molecule has 2 atom stereocenters. The highest BCUT2D eigenvalue weighted by Gasteiger charge is 2.29. The lowest BCUT2D eigenvalue weighted by Crippen LogP contribution is -2.24. The number of benzene rings is 1. The number of anilines is 1. The van der Waals surface area contributed by atoms with Gasteiger partial charge in [-0.2, -0.15) is 0 Å². The first-order valence-corrected chi connectivity index (χ1v) is 8.39. The molecule has 6 nitrogen and oxygen atoms in total. The molecule has 116 valence electrons. The Balaban J connectivity index is 2.23. The van der Waals surface area contributed by atoms with Crippen LogP contribution in [0.2, 0.25) is 0 Å². The van der Waals surface area contributed by atoms with Gasteiger partial charge in [0.15, 0.2) is 0 Å². The van der Waals surface area contributed by atoms with Crippen LogP contribution in [0.5, 0.6) is 5.75 Å². The van der Waals surface area contributed by atoms with Crippen LogP contribution >= 0.6 is 0 Å². The van der Waals surface area contributed by atoms with E-state index in [-0.39, 0.29) is 22.5 Å². The Labute approximate surface area is 124 Å². The molecule has 7 heteroatoms. The third-order valence-electron chi connectivity index (χ3n) is 3.94. The number of hydrogen-bond donors (Lipinski definition) is 2. The van der Waals surface area contributed by atoms with Crippen molar-refractivity contribution in [1.29, 1.82) is 0 Å². The molecule has 0 aliphatic heterocycles. The summed E-state index contributed by atoms with van der Waals surface area (Å²) in [5, 5.41) is 7.92. The lowest BCUT2D eigenvalue weighted by Gasteiger charge is -2.16. The molecule has 1 aliphatic rings. The van der Waals surface area contributed by atoms with Gasteiger partial charge in [-0.25, -0.2) is 13.6 Å². The van der Waals surface area contributed by atoms with E-state index in [1.807, 2.05) is 0 Å². The molecule has 0 bridgehead atoms. The molecule has 1 fully saturated rings. The number of primary sulfonamides is 1. The van der Waals surface area contributed by atoms with E-state index in [4.69, 9.17) is 9.88 Å². The van der Waals surface area contributed by atoms with Crippen LogP contribution in [0.4, 0.5) is 5.69 Å². The lowest BCUT2D eigenvalue weighted by atomic mass is 9.97. The molecule has 1 amide bonds. The molecule has 21 heavy (non-hydrogen) atoms. The largest absolute Gasteiger partial charge is 0.495 e. The minimum atomic E-state index is -3.91. The Hall–Kier alpha value is -1.60.